The Kier molecular flexibility index (Phi) is 3.02. The van der Waals surface area contributed by atoms with E-state index in [1.807, 2.05) is 6.07 Å². The fourth-order valence-electron chi connectivity index (χ4n) is 2.77. The van der Waals surface area contributed by atoms with Gasteiger partial charge in [-0.2, -0.15) is 0 Å². The van der Waals surface area contributed by atoms with Crippen molar-refractivity contribution < 1.29 is 19.4 Å². The summed E-state index contributed by atoms with van der Waals surface area (Å²) in [4.78, 5) is 27.1. The number of carbonyl (C=O) groups is 2. The smallest absolute Gasteiger partial charge is 0.328 e. The summed E-state index contributed by atoms with van der Waals surface area (Å²) >= 11 is 0. The number of fused-ring (bicyclic) bond motifs is 2. The molecule has 1 amide bonds. The Morgan fingerprint density at radius 3 is 2.90 bits per heavy atom. The van der Waals surface area contributed by atoms with E-state index in [4.69, 9.17) is 9.84 Å². The maximum absolute atomic E-state index is 12.3. The van der Waals surface area contributed by atoms with Crippen LogP contribution in [0.15, 0.2) is 18.3 Å². The van der Waals surface area contributed by atoms with E-state index in [2.05, 4.69) is 10.3 Å². The third-order valence-corrected chi connectivity index (χ3v) is 3.86. The topological polar surface area (TPSA) is 88.5 Å². The van der Waals surface area contributed by atoms with Crippen molar-refractivity contribution in [1.29, 1.82) is 0 Å². The Morgan fingerprint density at radius 1 is 1.45 bits per heavy atom. The number of carboxylic acids is 1. The average Bonchev–Trinajstić information content (AvgIpc) is 2.70. The Balaban J connectivity index is 2.01. The van der Waals surface area contributed by atoms with Gasteiger partial charge in [0.1, 0.15) is 5.82 Å². The predicted octanol–water partition coefficient (Wildman–Crippen LogP) is 1.18. The predicted molar refractivity (Wildman–Crippen MR) is 71.3 cm³/mol. The van der Waals surface area contributed by atoms with Crippen LogP contribution in [0, 0.1) is 0 Å². The number of nitrogens with zero attached hydrogens (tertiary/aromatic N) is 1. The summed E-state index contributed by atoms with van der Waals surface area (Å²) in [7, 11) is 0. The molecule has 104 valence electrons. The van der Waals surface area contributed by atoms with Crippen molar-refractivity contribution in [2.45, 2.75) is 18.3 Å². The van der Waals surface area contributed by atoms with Crippen LogP contribution in [0.4, 0.5) is 5.82 Å². The number of anilines is 1. The van der Waals surface area contributed by atoms with Gasteiger partial charge in [-0.3, -0.25) is 4.79 Å². The Labute approximate surface area is 115 Å². The van der Waals surface area contributed by atoms with E-state index in [0.717, 1.165) is 11.6 Å². The largest absolute Gasteiger partial charge is 0.478 e. The Bertz CT molecular complexity index is 603. The molecule has 1 fully saturated rings. The number of hydrogen-bond acceptors (Lipinski definition) is 4. The highest BCUT2D eigenvalue weighted by Crippen LogP contribution is 2.43. The zero-order valence-corrected chi connectivity index (χ0v) is 10.8. The highest BCUT2D eigenvalue weighted by molar-refractivity contribution is 6.05. The number of amides is 1. The van der Waals surface area contributed by atoms with E-state index in [9.17, 15) is 9.59 Å². The molecule has 0 bridgehead atoms. The van der Waals surface area contributed by atoms with E-state index in [0.29, 0.717) is 37.4 Å². The third kappa shape index (κ3) is 1.98. The van der Waals surface area contributed by atoms with Gasteiger partial charge in [0.25, 0.3) is 0 Å². The highest BCUT2D eigenvalue weighted by atomic mass is 16.5. The minimum Gasteiger partial charge on any atom is -0.478 e. The molecule has 0 unspecified atom stereocenters. The van der Waals surface area contributed by atoms with Gasteiger partial charge in [-0.05, 0) is 30.5 Å². The summed E-state index contributed by atoms with van der Waals surface area (Å²) in [5.41, 5.74) is 0.944. The monoisotopic (exact) mass is 274 g/mol. The van der Waals surface area contributed by atoms with Gasteiger partial charge in [0.2, 0.25) is 5.91 Å². The molecule has 3 rings (SSSR count). The lowest BCUT2D eigenvalue weighted by Crippen LogP contribution is -2.40. The van der Waals surface area contributed by atoms with Crippen molar-refractivity contribution in [1.82, 2.24) is 4.98 Å². The molecule has 0 radical (unpaired) electrons. The second kappa shape index (κ2) is 4.72. The van der Waals surface area contributed by atoms with E-state index in [1.165, 1.54) is 6.08 Å². The van der Waals surface area contributed by atoms with Crippen LogP contribution < -0.4 is 5.32 Å². The molecule has 1 aromatic heterocycles. The van der Waals surface area contributed by atoms with Crippen LogP contribution in [0.2, 0.25) is 0 Å². The Morgan fingerprint density at radius 2 is 2.20 bits per heavy atom. The van der Waals surface area contributed by atoms with E-state index < -0.39 is 11.4 Å². The molecule has 0 aliphatic carbocycles. The maximum atomic E-state index is 12.3. The van der Waals surface area contributed by atoms with E-state index in [-0.39, 0.29) is 5.91 Å². The summed E-state index contributed by atoms with van der Waals surface area (Å²) in [5.74, 6) is -0.479. The van der Waals surface area contributed by atoms with Crippen LogP contribution in [-0.2, 0) is 19.7 Å². The first-order chi connectivity index (χ1) is 9.62. The normalized spacial score (nSPS) is 20.1. The van der Waals surface area contributed by atoms with Crippen molar-refractivity contribution in [3.63, 3.8) is 0 Å². The van der Waals surface area contributed by atoms with Gasteiger partial charge in [-0.1, -0.05) is 0 Å². The van der Waals surface area contributed by atoms with Gasteiger partial charge in [0.05, 0.1) is 5.41 Å². The SMILES string of the molecule is O=C(O)C=Cc1cnc2c(c1)C1(CCOCC1)C(=O)N2. The highest BCUT2D eigenvalue weighted by Gasteiger charge is 2.48. The van der Waals surface area contributed by atoms with Crippen molar-refractivity contribution in [2.75, 3.05) is 18.5 Å². The number of carboxylic acid groups (broad SMARTS) is 1. The number of aliphatic carboxylic acids is 1. The quantitative estimate of drug-likeness (QED) is 0.790. The van der Waals surface area contributed by atoms with Crippen molar-refractivity contribution >= 4 is 23.8 Å². The molecule has 0 aromatic carbocycles. The van der Waals surface area contributed by atoms with Gasteiger partial charge < -0.3 is 15.2 Å². The molecule has 1 aromatic rings. The molecule has 0 atom stereocenters. The molecule has 1 spiro atoms. The molecule has 2 aliphatic rings. The number of rotatable bonds is 2. The number of aromatic nitrogens is 1. The minimum atomic E-state index is -1.01. The van der Waals surface area contributed by atoms with Crippen molar-refractivity contribution in [3.05, 3.63) is 29.5 Å². The fourth-order valence-corrected chi connectivity index (χ4v) is 2.77. The number of carbonyl (C=O) groups excluding carboxylic acids is 1. The van der Waals surface area contributed by atoms with E-state index in [1.54, 1.807) is 6.20 Å². The van der Waals surface area contributed by atoms with Crippen LogP contribution in [0.1, 0.15) is 24.0 Å². The number of pyridine rings is 1. The molecular weight excluding hydrogens is 260 g/mol. The lowest BCUT2D eigenvalue weighted by atomic mass is 9.75. The van der Waals surface area contributed by atoms with Crippen molar-refractivity contribution in [2.24, 2.45) is 0 Å². The lowest BCUT2D eigenvalue weighted by Gasteiger charge is -2.31. The zero-order chi connectivity index (χ0) is 14.2. The maximum Gasteiger partial charge on any atom is 0.328 e. The Hall–Kier alpha value is -2.21. The standard InChI is InChI=1S/C14H14N2O4/c17-11(18)2-1-9-7-10-12(15-8-9)16-13(19)14(10)3-5-20-6-4-14/h1-2,7-8H,3-6H2,(H,17,18)(H,15,16,19). The molecule has 2 N–H and O–H groups in total. The minimum absolute atomic E-state index is 0.0392. The molecule has 20 heavy (non-hydrogen) atoms. The first-order valence-electron chi connectivity index (χ1n) is 6.42. The molecule has 0 saturated carbocycles. The molecule has 2 aliphatic heterocycles. The van der Waals surface area contributed by atoms with Crippen LogP contribution in [-0.4, -0.2) is 35.2 Å². The first kappa shape index (κ1) is 12.8. The average molecular weight is 274 g/mol. The van der Waals surface area contributed by atoms with E-state index >= 15 is 0 Å². The van der Waals surface area contributed by atoms with Gasteiger partial charge in [-0.15, -0.1) is 0 Å². The molecule has 1 saturated heterocycles. The van der Waals surface area contributed by atoms with Crippen LogP contribution in [0.5, 0.6) is 0 Å². The summed E-state index contributed by atoms with van der Waals surface area (Å²) in [6.45, 7) is 1.09. The second-order valence-electron chi connectivity index (χ2n) is 4.98. The third-order valence-electron chi connectivity index (χ3n) is 3.86. The van der Waals surface area contributed by atoms with Gasteiger partial charge >= 0.3 is 5.97 Å². The first-order valence-corrected chi connectivity index (χ1v) is 6.42. The van der Waals surface area contributed by atoms with Gasteiger partial charge in [0.15, 0.2) is 0 Å². The lowest BCUT2D eigenvalue weighted by molar-refractivity contribution is -0.131. The van der Waals surface area contributed by atoms with Crippen LogP contribution in [0.25, 0.3) is 6.08 Å². The summed E-state index contributed by atoms with van der Waals surface area (Å²) in [6.07, 6.45) is 5.34. The zero-order valence-electron chi connectivity index (χ0n) is 10.8. The summed E-state index contributed by atoms with van der Waals surface area (Å²) < 4.78 is 5.34. The molecule has 3 heterocycles. The number of nitrogens with one attached hydrogen (secondary N) is 1. The summed E-state index contributed by atoms with van der Waals surface area (Å²) in [6, 6.07) is 1.84. The second-order valence-corrected chi connectivity index (χ2v) is 4.98. The number of ether oxygens (including phenoxy) is 1. The molecule has 6 heteroatoms. The van der Waals surface area contributed by atoms with Gasteiger partial charge in [-0.25, -0.2) is 9.78 Å². The number of hydrogen-bond donors (Lipinski definition) is 2. The molecular formula is C14H14N2O4. The summed E-state index contributed by atoms with van der Waals surface area (Å²) in [5, 5.41) is 11.5. The van der Waals surface area contributed by atoms with Gasteiger partial charge in [0, 0.05) is 31.1 Å². The van der Waals surface area contributed by atoms with Crippen LogP contribution in [0.3, 0.4) is 0 Å². The van der Waals surface area contributed by atoms with Crippen LogP contribution >= 0.6 is 0 Å². The fraction of sp³-hybridized carbons (Fsp3) is 0.357. The molecule has 6 nitrogen and oxygen atoms in total. The van der Waals surface area contributed by atoms with Crippen molar-refractivity contribution in [3.8, 4) is 0 Å².